The molecule has 1 aliphatic rings. The summed E-state index contributed by atoms with van der Waals surface area (Å²) in [5, 5.41) is 10.00. The summed E-state index contributed by atoms with van der Waals surface area (Å²) in [5.74, 6) is 0.832. The van der Waals surface area contributed by atoms with E-state index in [0.717, 1.165) is 44.0 Å². The second-order valence-corrected chi connectivity index (χ2v) is 9.34. The third kappa shape index (κ3) is 6.37. The predicted molar refractivity (Wildman–Crippen MR) is 143 cm³/mol. The van der Waals surface area contributed by atoms with Crippen molar-refractivity contribution in [2.24, 2.45) is 0 Å². The Morgan fingerprint density at radius 3 is 2.54 bits per heavy atom. The molecule has 1 aromatic heterocycles. The van der Waals surface area contributed by atoms with Gasteiger partial charge in [0, 0.05) is 42.5 Å². The largest absolute Gasteiger partial charge is 0.417 e. The third-order valence-electron chi connectivity index (χ3n) is 6.75. The lowest BCUT2D eigenvalue weighted by atomic mass is 9.88. The first kappa shape index (κ1) is 26.8. The van der Waals surface area contributed by atoms with Gasteiger partial charge < -0.3 is 16.0 Å². The molecular weight excluding hydrogens is 475 g/mol. The van der Waals surface area contributed by atoms with Crippen LogP contribution in [0.15, 0.2) is 61.2 Å². The van der Waals surface area contributed by atoms with E-state index in [1.54, 1.807) is 12.1 Å². The summed E-state index contributed by atoms with van der Waals surface area (Å²) in [4.78, 5) is 9.12. The molecule has 2 heterocycles. The standard InChI is InChI=1S/C29H34F3N5/c1-4-10-20(5-2)22-12-7-6-11-21(22)19(3)35-27-17-25(26-18-33-15-16-34-26)36-28(37-27)23-13-8-9-14-24(23)29(30,31)32/h6-9,11-14,17,20,26,33-34H,3-5,10,15-16,18H2,1-2H3,(H,35,36,37). The average molecular weight is 510 g/mol. The number of piperazine rings is 1. The van der Waals surface area contributed by atoms with Crippen LogP contribution in [0.2, 0.25) is 0 Å². The number of hydrogen-bond donors (Lipinski definition) is 3. The van der Waals surface area contributed by atoms with Crippen molar-refractivity contribution in [3.05, 3.63) is 83.6 Å². The van der Waals surface area contributed by atoms with Gasteiger partial charge in [-0.05, 0) is 30.4 Å². The van der Waals surface area contributed by atoms with Gasteiger partial charge in [0.2, 0.25) is 0 Å². The minimum atomic E-state index is -4.52. The van der Waals surface area contributed by atoms with Crippen molar-refractivity contribution in [1.82, 2.24) is 20.6 Å². The maximum absolute atomic E-state index is 13.8. The van der Waals surface area contributed by atoms with Crippen molar-refractivity contribution in [3.8, 4) is 11.4 Å². The predicted octanol–water partition coefficient (Wildman–Crippen LogP) is 6.77. The van der Waals surface area contributed by atoms with Gasteiger partial charge in [-0.3, -0.25) is 0 Å². The van der Waals surface area contributed by atoms with E-state index in [0.29, 0.717) is 29.7 Å². The molecule has 0 saturated carbocycles. The second kappa shape index (κ2) is 11.9. The molecule has 2 unspecified atom stereocenters. The van der Waals surface area contributed by atoms with E-state index < -0.39 is 11.7 Å². The highest BCUT2D eigenvalue weighted by atomic mass is 19.4. The van der Waals surface area contributed by atoms with Gasteiger partial charge >= 0.3 is 6.18 Å². The molecule has 1 saturated heterocycles. The highest BCUT2D eigenvalue weighted by Gasteiger charge is 2.34. The number of alkyl halides is 3. The molecule has 0 radical (unpaired) electrons. The smallest absolute Gasteiger partial charge is 0.340 e. The van der Waals surface area contributed by atoms with E-state index in [9.17, 15) is 13.2 Å². The van der Waals surface area contributed by atoms with Crippen LogP contribution in [-0.4, -0.2) is 29.6 Å². The number of anilines is 1. The van der Waals surface area contributed by atoms with Crippen molar-refractivity contribution >= 4 is 11.5 Å². The van der Waals surface area contributed by atoms with Gasteiger partial charge in [-0.1, -0.05) is 69.3 Å². The van der Waals surface area contributed by atoms with Crippen LogP contribution < -0.4 is 16.0 Å². The Morgan fingerprint density at radius 1 is 1.08 bits per heavy atom. The lowest BCUT2D eigenvalue weighted by Crippen LogP contribution is -2.43. The van der Waals surface area contributed by atoms with E-state index in [1.165, 1.54) is 17.7 Å². The summed E-state index contributed by atoms with van der Waals surface area (Å²) in [6.45, 7) is 10.8. The van der Waals surface area contributed by atoms with Gasteiger partial charge in [-0.2, -0.15) is 13.2 Å². The van der Waals surface area contributed by atoms with E-state index in [-0.39, 0.29) is 17.4 Å². The van der Waals surface area contributed by atoms with Crippen molar-refractivity contribution in [3.63, 3.8) is 0 Å². The first-order chi connectivity index (χ1) is 17.8. The molecule has 3 N–H and O–H groups in total. The van der Waals surface area contributed by atoms with Crippen molar-refractivity contribution in [1.29, 1.82) is 0 Å². The Kier molecular flexibility index (Phi) is 8.61. The van der Waals surface area contributed by atoms with E-state index in [4.69, 9.17) is 0 Å². The molecule has 1 aliphatic heterocycles. The first-order valence-corrected chi connectivity index (χ1v) is 12.9. The summed E-state index contributed by atoms with van der Waals surface area (Å²) in [6.07, 6.45) is -1.37. The van der Waals surface area contributed by atoms with Gasteiger partial charge in [0.1, 0.15) is 5.82 Å². The zero-order valence-electron chi connectivity index (χ0n) is 21.3. The minimum Gasteiger partial charge on any atom is -0.340 e. The highest BCUT2D eigenvalue weighted by Crippen LogP contribution is 2.37. The molecule has 4 rings (SSSR count). The van der Waals surface area contributed by atoms with Crippen LogP contribution in [0.4, 0.5) is 19.0 Å². The number of nitrogens with one attached hydrogen (secondary N) is 3. The molecule has 37 heavy (non-hydrogen) atoms. The van der Waals surface area contributed by atoms with E-state index in [2.05, 4.69) is 52.4 Å². The molecule has 3 aromatic rings. The van der Waals surface area contributed by atoms with Gasteiger partial charge in [0.05, 0.1) is 17.3 Å². The number of benzene rings is 2. The monoisotopic (exact) mass is 509 g/mol. The van der Waals surface area contributed by atoms with Crippen molar-refractivity contribution < 1.29 is 13.2 Å². The maximum atomic E-state index is 13.8. The molecule has 0 amide bonds. The molecule has 2 aromatic carbocycles. The SMILES string of the molecule is C=C(Nc1cc(C2CNCCN2)nc(-c2ccccc2C(F)(F)F)n1)c1ccccc1C(CC)CCC. The number of aromatic nitrogens is 2. The van der Waals surface area contributed by atoms with Crippen LogP contribution in [-0.2, 0) is 6.18 Å². The van der Waals surface area contributed by atoms with Crippen LogP contribution in [0.1, 0.15) is 67.5 Å². The number of nitrogens with zero attached hydrogens (tertiary/aromatic N) is 2. The van der Waals surface area contributed by atoms with Crippen LogP contribution in [0, 0.1) is 0 Å². The fraction of sp³-hybridized carbons (Fsp3) is 0.379. The first-order valence-electron chi connectivity index (χ1n) is 12.9. The van der Waals surface area contributed by atoms with Crippen LogP contribution in [0.3, 0.4) is 0 Å². The minimum absolute atomic E-state index is 0.0267. The Bertz CT molecular complexity index is 1220. The summed E-state index contributed by atoms with van der Waals surface area (Å²) >= 11 is 0. The normalized spacial score (nSPS) is 16.8. The topological polar surface area (TPSA) is 61.9 Å². The maximum Gasteiger partial charge on any atom is 0.417 e. The molecule has 0 aliphatic carbocycles. The van der Waals surface area contributed by atoms with Crippen LogP contribution in [0.25, 0.3) is 17.1 Å². The second-order valence-electron chi connectivity index (χ2n) is 9.34. The summed E-state index contributed by atoms with van der Waals surface area (Å²) in [6, 6.07) is 15.2. The Balaban J connectivity index is 1.75. The van der Waals surface area contributed by atoms with Crippen LogP contribution in [0.5, 0.6) is 0 Å². The third-order valence-corrected chi connectivity index (χ3v) is 6.75. The highest BCUT2D eigenvalue weighted by molar-refractivity contribution is 5.77. The molecular formula is C29H34F3N5. The van der Waals surface area contributed by atoms with Gasteiger partial charge in [-0.25, -0.2) is 9.97 Å². The number of hydrogen-bond acceptors (Lipinski definition) is 5. The quantitative estimate of drug-likeness (QED) is 0.297. The Hall–Kier alpha value is -3.23. The average Bonchev–Trinajstić information content (AvgIpc) is 2.91. The Labute approximate surface area is 216 Å². The summed E-state index contributed by atoms with van der Waals surface area (Å²) in [7, 11) is 0. The zero-order valence-corrected chi connectivity index (χ0v) is 21.3. The summed E-state index contributed by atoms with van der Waals surface area (Å²) in [5.41, 5.74) is 2.65. The van der Waals surface area contributed by atoms with Crippen molar-refractivity contribution in [2.45, 2.75) is 51.2 Å². The number of halogens is 3. The summed E-state index contributed by atoms with van der Waals surface area (Å²) < 4.78 is 41.5. The Morgan fingerprint density at radius 2 is 1.84 bits per heavy atom. The molecule has 1 fully saturated rings. The molecule has 0 bridgehead atoms. The van der Waals surface area contributed by atoms with E-state index in [1.807, 2.05) is 18.2 Å². The molecule has 196 valence electrons. The fourth-order valence-corrected chi connectivity index (χ4v) is 4.89. The lowest BCUT2D eigenvalue weighted by Gasteiger charge is -2.25. The zero-order chi connectivity index (χ0) is 26.4. The molecule has 5 nitrogen and oxygen atoms in total. The molecule has 0 spiro atoms. The fourth-order valence-electron chi connectivity index (χ4n) is 4.89. The molecule has 2 atom stereocenters. The lowest BCUT2D eigenvalue weighted by molar-refractivity contribution is -0.137. The molecule has 8 heteroatoms. The van der Waals surface area contributed by atoms with Crippen LogP contribution >= 0.6 is 0 Å². The van der Waals surface area contributed by atoms with E-state index >= 15 is 0 Å². The van der Waals surface area contributed by atoms with Gasteiger partial charge in [0.15, 0.2) is 5.82 Å². The van der Waals surface area contributed by atoms with Gasteiger partial charge in [-0.15, -0.1) is 0 Å². The van der Waals surface area contributed by atoms with Gasteiger partial charge in [0.25, 0.3) is 0 Å². The number of rotatable bonds is 9. The van der Waals surface area contributed by atoms with Crippen molar-refractivity contribution in [2.75, 3.05) is 25.0 Å².